The van der Waals surface area contributed by atoms with Gasteiger partial charge in [-0.15, -0.1) is 0 Å². The standard InChI is InChI=1S/C24H26FN3O4/c1-24(2,3)32-23(31)27-19-12-9-17(25)15-20(19)26-21(29)13-8-16-6-10-18(11-7-16)28-14-4-5-22(28)30/h6-13,15H,4-5,14H2,1-3H3,(H,26,29)(H,27,31)/b13-8+. The smallest absolute Gasteiger partial charge is 0.412 e. The highest BCUT2D eigenvalue weighted by molar-refractivity contribution is 6.05. The van der Waals surface area contributed by atoms with Crippen LogP contribution in [-0.2, 0) is 14.3 Å². The van der Waals surface area contributed by atoms with Crippen LogP contribution in [0.15, 0.2) is 48.5 Å². The van der Waals surface area contributed by atoms with Gasteiger partial charge in [0.25, 0.3) is 0 Å². The van der Waals surface area contributed by atoms with Gasteiger partial charge < -0.3 is 15.0 Å². The Bertz CT molecular complexity index is 1040. The molecule has 0 aliphatic carbocycles. The molecule has 3 rings (SSSR count). The molecule has 1 fully saturated rings. The molecule has 1 saturated heterocycles. The second-order valence-corrected chi connectivity index (χ2v) is 8.38. The summed E-state index contributed by atoms with van der Waals surface area (Å²) < 4.78 is 18.9. The molecular formula is C24H26FN3O4. The van der Waals surface area contributed by atoms with Gasteiger partial charge in [-0.2, -0.15) is 0 Å². The highest BCUT2D eigenvalue weighted by atomic mass is 19.1. The van der Waals surface area contributed by atoms with E-state index in [1.54, 1.807) is 31.7 Å². The summed E-state index contributed by atoms with van der Waals surface area (Å²) in [6.45, 7) is 5.88. The molecule has 0 saturated carbocycles. The van der Waals surface area contributed by atoms with E-state index < -0.39 is 23.4 Å². The Labute approximate surface area is 186 Å². The zero-order valence-corrected chi connectivity index (χ0v) is 18.3. The lowest BCUT2D eigenvalue weighted by Gasteiger charge is -2.20. The van der Waals surface area contributed by atoms with Crippen molar-refractivity contribution in [3.63, 3.8) is 0 Å². The molecule has 0 aromatic heterocycles. The number of ether oxygens (including phenoxy) is 1. The highest BCUT2D eigenvalue weighted by Crippen LogP contribution is 2.24. The van der Waals surface area contributed by atoms with Crippen LogP contribution in [0.4, 0.5) is 26.2 Å². The number of anilines is 3. The van der Waals surface area contributed by atoms with E-state index in [9.17, 15) is 18.8 Å². The number of benzene rings is 2. The Balaban J connectivity index is 1.65. The van der Waals surface area contributed by atoms with E-state index in [0.29, 0.717) is 13.0 Å². The molecule has 3 amide bonds. The summed E-state index contributed by atoms with van der Waals surface area (Å²) in [6.07, 6.45) is 3.60. The number of nitrogens with one attached hydrogen (secondary N) is 2. The average Bonchev–Trinajstić information content (AvgIpc) is 3.13. The second-order valence-electron chi connectivity index (χ2n) is 8.38. The molecule has 7 nitrogen and oxygen atoms in total. The molecule has 2 aromatic rings. The summed E-state index contributed by atoms with van der Waals surface area (Å²) in [6, 6.07) is 10.9. The summed E-state index contributed by atoms with van der Waals surface area (Å²) in [7, 11) is 0. The van der Waals surface area contributed by atoms with Gasteiger partial charge in [-0.05, 0) is 69.2 Å². The first kappa shape index (κ1) is 23.0. The molecule has 168 valence electrons. The molecule has 0 bridgehead atoms. The van der Waals surface area contributed by atoms with Crippen LogP contribution in [0.5, 0.6) is 0 Å². The van der Waals surface area contributed by atoms with Crippen LogP contribution in [0.2, 0.25) is 0 Å². The average molecular weight is 439 g/mol. The zero-order chi connectivity index (χ0) is 23.3. The number of carbonyl (C=O) groups is 3. The minimum atomic E-state index is -0.716. The molecule has 0 unspecified atom stereocenters. The Hall–Kier alpha value is -3.68. The number of hydrogen-bond acceptors (Lipinski definition) is 4. The third-order valence-corrected chi connectivity index (χ3v) is 4.58. The number of halogens is 1. The van der Waals surface area contributed by atoms with Gasteiger partial charge in [0.2, 0.25) is 11.8 Å². The predicted molar refractivity (Wildman–Crippen MR) is 122 cm³/mol. The molecule has 2 aromatic carbocycles. The van der Waals surface area contributed by atoms with Gasteiger partial charge in [-0.1, -0.05) is 12.1 Å². The van der Waals surface area contributed by atoms with Crippen LogP contribution >= 0.6 is 0 Å². The van der Waals surface area contributed by atoms with Gasteiger partial charge in [-0.3, -0.25) is 14.9 Å². The molecule has 2 N–H and O–H groups in total. The Kier molecular flexibility index (Phi) is 6.92. The maximum absolute atomic E-state index is 13.7. The van der Waals surface area contributed by atoms with Crippen molar-refractivity contribution in [2.24, 2.45) is 0 Å². The molecule has 0 atom stereocenters. The number of carbonyl (C=O) groups excluding carboxylic acids is 3. The summed E-state index contributed by atoms with van der Waals surface area (Å²) in [5, 5.41) is 5.07. The SMILES string of the molecule is CC(C)(C)OC(=O)Nc1ccc(F)cc1NC(=O)/C=C/c1ccc(N2CCCC2=O)cc1. The van der Waals surface area contributed by atoms with Crippen LogP contribution in [0, 0.1) is 5.82 Å². The minimum absolute atomic E-state index is 0.105. The summed E-state index contributed by atoms with van der Waals surface area (Å²) in [5.41, 5.74) is 1.21. The molecule has 1 heterocycles. The second kappa shape index (κ2) is 9.64. The quantitative estimate of drug-likeness (QED) is 0.645. The van der Waals surface area contributed by atoms with E-state index in [1.807, 2.05) is 24.3 Å². The maximum Gasteiger partial charge on any atom is 0.412 e. The first-order valence-electron chi connectivity index (χ1n) is 10.3. The van der Waals surface area contributed by atoms with Crippen LogP contribution in [-0.4, -0.2) is 30.1 Å². The molecule has 1 aliphatic rings. The van der Waals surface area contributed by atoms with Crippen molar-refractivity contribution in [2.45, 2.75) is 39.2 Å². The Morgan fingerprint density at radius 2 is 1.78 bits per heavy atom. The van der Waals surface area contributed by atoms with E-state index in [4.69, 9.17) is 4.74 Å². The highest BCUT2D eigenvalue weighted by Gasteiger charge is 2.21. The van der Waals surface area contributed by atoms with E-state index in [2.05, 4.69) is 10.6 Å². The number of hydrogen-bond donors (Lipinski definition) is 2. The van der Waals surface area contributed by atoms with Crippen molar-refractivity contribution >= 4 is 41.0 Å². The molecule has 0 radical (unpaired) electrons. The normalized spacial score (nSPS) is 14.0. The van der Waals surface area contributed by atoms with Crippen LogP contribution in [0.3, 0.4) is 0 Å². The summed E-state index contributed by atoms with van der Waals surface area (Å²) in [4.78, 5) is 38.0. The molecule has 8 heteroatoms. The van der Waals surface area contributed by atoms with Crippen LogP contribution in [0.25, 0.3) is 6.08 Å². The van der Waals surface area contributed by atoms with Gasteiger partial charge >= 0.3 is 6.09 Å². The van der Waals surface area contributed by atoms with E-state index >= 15 is 0 Å². The van der Waals surface area contributed by atoms with Crippen molar-refractivity contribution in [3.8, 4) is 0 Å². The first-order chi connectivity index (χ1) is 15.1. The zero-order valence-electron chi connectivity index (χ0n) is 18.3. The largest absolute Gasteiger partial charge is 0.444 e. The molecule has 0 spiro atoms. The van der Waals surface area contributed by atoms with Gasteiger partial charge in [0.15, 0.2) is 0 Å². The predicted octanol–water partition coefficient (Wildman–Crippen LogP) is 4.95. The fourth-order valence-corrected chi connectivity index (χ4v) is 3.18. The lowest BCUT2D eigenvalue weighted by molar-refractivity contribution is -0.117. The van der Waals surface area contributed by atoms with Crippen LogP contribution in [0.1, 0.15) is 39.2 Å². The number of rotatable bonds is 5. The molecular weight excluding hydrogens is 413 g/mol. The lowest BCUT2D eigenvalue weighted by Crippen LogP contribution is -2.27. The monoisotopic (exact) mass is 439 g/mol. The maximum atomic E-state index is 13.7. The summed E-state index contributed by atoms with van der Waals surface area (Å²) in [5.74, 6) is -0.953. The topological polar surface area (TPSA) is 87.7 Å². The fraction of sp³-hybridized carbons (Fsp3) is 0.292. The van der Waals surface area contributed by atoms with Crippen molar-refractivity contribution in [1.82, 2.24) is 0 Å². The van der Waals surface area contributed by atoms with Gasteiger partial charge in [0.1, 0.15) is 11.4 Å². The third kappa shape index (κ3) is 6.41. The number of amides is 3. The van der Waals surface area contributed by atoms with E-state index in [0.717, 1.165) is 23.7 Å². The van der Waals surface area contributed by atoms with Crippen molar-refractivity contribution in [1.29, 1.82) is 0 Å². The number of nitrogens with zero attached hydrogens (tertiary/aromatic N) is 1. The van der Waals surface area contributed by atoms with Crippen molar-refractivity contribution in [3.05, 3.63) is 59.9 Å². The summed E-state index contributed by atoms with van der Waals surface area (Å²) >= 11 is 0. The fourth-order valence-electron chi connectivity index (χ4n) is 3.18. The van der Waals surface area contributed by atoms with Crippen molar-refractivity contribution in [2.75, 3.05) is 22.1 Å². The molecule has 32 heavy (non-hydrogen) atoms. The Morgan fingerprint density at radius 1 is 1.06 bits per heavy atom. The minimum Gasteiger partial charge on any atom is -0.444 e. The van der Waals surface area contributed by atoms with E-state index in [-0.39, 0.29) is 17.3 Å². The van der Waals surface area contributed by atoms with Gasteiger partial charge in [0, 0.05) is 24.7 Å². The van der Waals surface area contributed by atoms with Gasteiger partial charge in [0.05, 0.1) is 11.4 Å². The third-order valence-electron chi connectivity index (χ3n) is 4.58. The van der Waals surface area contributed by atoms with Crippen LogP contribution < -0.4 is 15.5 Å². The molecule has 1 aliphatic heterocycles. The van der Waals surface area contributed by atoms with E-state index in [1.165, 1.54) is 18.2 Å². The first-order valence-corrected chi connectivity index (χ1v) is 10.3. The Morgan fingerprint density at radius 3 is 2.41 bits per heavy atom. The van der Waals surface area contributed by atoms with Gasteiger partial charge in [-0.25, -0.2) is 9.18 Å². The lowest BCUT2D eigenvalue weighted by atomic mass is 10.2. The van der Waals surface area contributed by atoms with Crippen molar-refractivity contribution < 1.29 is 23.5 Å².